The van der Waals surface area contributed by atoms with E-state index in [2.05, 4.69) is 17.5 Å². The molecule has 0 bridgehead atoms. The van der Waals surface area contributed by atoms with Crippen LogP contribution >= 0.6 is 12.2 Å². The van der Waals surface area contributed by atoms with E-state index in [1.54, 1.807) is 7.11 Å². The predicted molar refractivity (Wildman–Crippen MR) is 36.4 cm³/mol. The molecule has 3 N–H and O–H groups in total. The highest BCUT2D eigenvalue weighted by atomic mass is 32.1. The van der Waals surface area contributed by atoms with Gasteiger partial charge in [0.2, 0.25) is 0 Å². The minimum absolute atomic E-state index is 0.0903. The van der Waals surface area contributed by atoms with Gasteiger partial charge < -0.3 is 15.8 Å². The van der Waals surface area contributed by atoms with Crippen molar-refractivity contribution >= 4 is 17.3 Å². The molecule has 0 aromatic heterocycles. The molecule has 0 amide bonds. The van der Waals surface area contributed by atoms with Crippen LogP contribution in [-0.4, -0.2) is 18.5 Å². The Morgan fingerprint density at radius 2 is 2.38 bits per heavy atom. The summed E-state index contributed by atoms with van der Waals surface area (Å²) >= 11 is 4.52. The highest BCUT2D eigenvalue weighted by Gasteiger charge is 1.94. The van der Waals surface area contributed by atoms with Gasteiger partial charge in [0.25, 0.3) is 0 Å². The normalized spacial score (nSPS) is 12.8. The molecule has 1 atom stereocenters. The fraction of sp³-hybridized carbons (Fsp3) is 0.750. The molecule has 3 nitrogen and oxygen atoms in total. The van der Waals surface area contributed by atoms with Crippen LogP contribution in [0.1, 0.15) is 6.92 Å². The van der Waals surface area contributed by atoms with Gasteiger partial charge in [-0.15, -0.1) is 0 Å². The van der Waals surface area contributed by atoms with Crippen molar-refractivity contribution in [1.82, 2.24) is 5.32 Å². The topological polar surface area (TPSA) is 47.3 Å². The Bertz CT molecular complexity index is 86.1. The van der Waals surface area contributed by atoms with E-state index in [0.29, 0.717) is 0 Å². The Balaban J connectivity index is 3.24. The third-order valence-corrected chi connectivity index (χ3v) is 0.817. The number of nitrogens with two attached hydrogens (primary N) is 1. The third-order valence-electron chi connectivity index (χ3n) is 0.699. The Morgan fingerprint density at radius 1 is 1.88 bits per heavy atom. The summed E-state index contributed by atoms with van der Waals surface area (Å²) in [4.78, 5) is 0. The van der Waals surface area contributed by atoms with Gasteiger partial charge in [0.15, 0.2) is 5.11 Å². The van der Waals surface area contributed by atoms with E-state index in [1.165, 1.54) is 0 Å². The summed E-state index contributed by atoms with van der Waals surface area (Å²) in [7, 11) is 1.58. The molecule has 0 saturated carbocycles. The molecule has 0 radical (unpaired) electrons. The molecule has 0 fully saturated rings. The van der Waals surface area contributed by atoms with Crippen LogP contribution in [0.25, 0.3) is 0 Å². The first-order valence-electron chi connectivity index (χ1n) is 2.25. The zero-order chi connectivity index (χ0) is 6.57. The van der Waals surface area contributed by atoms with Crippen LogP contribution in [0.3, 0.4) is 0 Å². The van der Waals surface area contributed by atoms with Crippen LogP contribution in [0, 0.1) is 0 Å². The first-order chi connectivity index (χ1) is 3.66. The van der Waals surface area contributed by atoms with Gasteiger partial charge in [-0.1, -0.05) is 0 Å². The molecule has 8 heavy (non-hydrogen) atoms. The lowest BCUT2D eigenvalue weighted by atomic mass is 10.6. The second kappa shape index (κ2) is 3.63. The minimum atomic E-state index is -0.0903. The van der Waals surface area contributed by atoms with Gasteiger partial charge in [-0.25, -0.2) is 0 Å². The first-order valence-corrected chi connectivity index (χ1v) is 2.66. The zero-order valence-electron chi connectivity index (χ0n) is 4.97. The highest BCUT2D eigenvalue weighted by molar-refractivity contribution is 7.80. The molecule has 1 unspecified atom stereocenters. The van der Waals surface area contributed by atoms with E-state index >= 15 is 0 Å². The fourth-order valence-corrected chi connectivity index (χ4v) is 0.425. The number of nitrogens with one attached hydrogen (secondary N) is 1. The first kappa shape index (κ1) is 7.65. The molecule has 0 aromatic rings. The zero-order valence-corrected chi connectivity index (χ0v) is 5.79. The third kappa shape index (κ3) is 3.83. The van der Waals surface area contributed by atoms with E-state index in [9.17, 15) is 0 Å². The maximum Gasteiger partial charge on any atom is 0.165 e. The molecule has 4 heteroatoms. The Hall–Kier alpha value is -0.350. The van der Waals surface area contributed by atoms with E-state index < -0.39 is 0 Å². The fourth-order valence-electron chi connectivity index (χ4n) is 0.259. The Labute approximate surface area is 54.2 Å². The van der Waals surface area contributed by atoms with Crippen molar-refractivity contribution in [2.75, 3.05) is 7.11 Å². The number of thiocarbonyl (C=S) groups is 1. The summed E-state index contributed by atoms with van der Waals surface area (Å²) in [5, 5.41) is 2.94. The van der Waals surface area contributed by atoms with E-state index in [-0.39, 0.29) is 11.3 Å². The lowest BCUT2D eigenvalue weighted by molar-refractivity contribution is 0.107. The maximum absolute atomic E-state index is 5.11. The molecule has 0 aliphatic carbocycles. The average Bonchev–Trinajstić information content (AvgIpc) is 1.65. The number of hydrogen-bond acceptors (Lipinski definition) is 2. The lowest BCUT2D eigenvalue weighted by Gasteiger charge is -2.09. The van der Waals surface area contributed by atoms with Crippen molar-refractivity contribution in [3.8, 4) is 0 Å². The lowest BCUT2D eigenvalue weighted by Crippen LogP contribution is -2.37. The summed E-state index contributed by atoms with van der Waals surface area (Å²) in [5.41, 5.74) is 5.11. The van der Waals surface area contributed by atoms with Gasteiger partial charge in [0, 0.05) is 7.11 Å². The van der Waals surface area contributed by atoms with E-state index in [0.717, 1.165) is 0 Å². The summed E-state index contributed by atoms with van der Waals surface area (Å²) in [6.45, 7) is 1.82. The molecule has 0 saturated heterocycles. The molecule has 0 aliphatic heterocycles. The van der Waals surface area contributed by atoms with Crippen LogP contribution in [0.15, 0.2) is 0 Å². The molecular formula is C4H10N2OS. The molecule has 0 heterocycles. The summed E-state index contributed by atoms with van der Waals surface area (Å²) in [5.74, 6) is 0. The van der Waals surface area contributed by atoms with Gasteiger partial charge in [-0.3, -0.25) is 0 Å². The second-order valence-electron chi connectivity index (χ2n) is 1.39. The molecule has 0 aromatic carbocycles. The quantitative estimate of drug-likeness (QED) is 0.406. The number of methoxy groups -OCH3 is 1. The standard InChI is InChI=1S/C4H10N2OS/c1-3(7-2)6-4(5)8/h3H,1-2H3,(H3,5,6,8). The van der Waals surface area contributed by atoms with Crippen molar-refractivity contribution in [3.05, 3.63) is 0 Å². The van der Waals surface area contributed by atoms with Crippen molar-refractivity contribution in [1.29, 1.82) is 0 Å². The number of ether oxygens (including phenoxy) is 1. The van der Waals surface area contributed by atoms with Crippen molar-refractivity contribution in [2.45, 2.75) is 13.2 Å². The number of hydrogen-bond donors (Lipinski definition) is 2. The molecule has 0 spiro atoms. The molecular weight excluding hydrogens is 124 g/mol. The van der Waals surface area contributed by atoms with Crippen LogP contribution in [-0.2, 0) is 4.74 Å². The largest absolute Gasteiger partial charge is 0.376 e. The van der Waals surface area contributed by atoms with Crippen molar-refractivity contribution in [2.24, 2.45) is 5.73 Å². The van der Waals surface area contributed by atoms with E-state index in [4.69, 9.17) is 10.5 Å². The van der Waals surface area contributed by atoms with Crippen LogP contribution in [0.4, 0.5) is 0 Å². The maximum atomic E-state index is 5.11. The van der Waals surface area contributed by atoms with Gasteiger partial charge in [0.05, 0.1) is 0 Å². The predicted octanol–water partition coefficient (Wildman–Crippen LogP) is -0.188. The average molecular weight is 134 g/mol. The monoisotopic (exact) mass is 134 g/mol. The van der Waals surface area contributed by atoms with Gasteiger partial charge in [-0.05, 0) is 19.1 Å². The molecule has 0 aliphatic rings. The van der Waals surface area contributed by atoms with Crippen molar-refractivity contribution in [3.63, 3.8) is 0 Å². The smallest absolute Gasteiger partial charge is 0.165 e. The Kier molecular flexibility index (Phi) is 3.47. The number of rotatable bonds is 2. The molecule has 0 rings (SSSR count). The highest BCUT2D eigenvalue weighted by Crippen LogP contribution is 1.77. The van der Waals surface area contributed by atoms with Crippen LogP contribution < -0.4 is 11.1 Å². The van der Waals surface area contributed by atoms with Crippen LogP contribution in [0.5, 0.6) is 0 Å². The minimum Gasteiger partial charge on any atom is -0.376 e. The molecule has 48 valence electrons. The van der Waals surface area contributed by atoms with E-state index in [1.807, 2.05) is 6.92 Å². The summed E-state index contributed by atoms with van der Waals surface area (Å²) in [6, 6.07) is 0. The second-order valence-corrected chi connectivity index (χ2v) is 1.83. The summed E-state index contributed by atoms with van der Waals surface area (Å²) < 4.78 is 4.78. The van der Waals surface area contributed by atoms with Crippen LogP contribution in [0.2, 0.25) is 0 Å². The summed E-state index contributed by atoms with van der Waals surface area (Å²) in [6.07, 6.45) is -0.0903. The Morgan fingerprint density at radius 3 is 2.50 bits per heavy atom. The van der Waals surface area contributed by atoms with Crippen molar-refractivity contribution < 1.29 is 4.74 Å². The SMILES string of the molecule is COC(C)NC(N)=S. The van der Waals surface area contributed by atoms with Gasteiger partial charge in [-0.2, -0.15) is 0 Å². The van der Waals surface area contributed by atoms with Gasteiger partial charge >= 0.3 is 0 Å². The van der Waals surface area contributed by atoms with Gasteiger partial charge in [0.1, 0.15) is 6.23 Å².